The molecule has 664 valence electrons. The molecule has 0 spiro atoms. The fourth-order valence-corrected chi connectivity index (χ4v) is 9.91. The minimum Gasteiger partial charge on any atom is -0.489 e. The van der Waals surface area contributed by atoms with Gasteiger partial charge in [-0.05, 0) is 59.5 Å². The average molecular weight is 1670 g/mol. The number of nitrogens with zero attached hydrogens (tertiary/aromatic N) is 3. The molecular weight excluding hydrogens is 1540 g/mol. The number of carbonyl (C=O) groups is 5. The summed E-state index contributed by atoms with van der Waals surface area (Å²) >= 11 is 0. The molecule has 0 radical (unpaired) electrons. The molecule has 0 aliphatic rings. The molecule has 0 fully saturated rings. The summed E-state index contributed by atoms with van der Waals surface area (Å²) in [5.74, 6) is -3.94. The van der Waals surface area contributed by atoms with Crippen LogP contribution in [0.5, 0.6) is 46.0 Å². The van der Waals surface area contributed by atoms with Crippen LogP contribution in [0.4, 0.5) is 0 Å². The Morgan fingerprint density at radius 3 is 0.793 bits per heavy atom. The Morgan fingerprint density at radius 1 is 0.267 bits per heavy atom. The first-order valence-electron chi connectivity index (χ1n) is 38.7. The van der Waals surface area contributed by atoms with E-state index in [4.69, 9.17) is 123 Å². The third-order valence-electron chi connectivity index (χ3n) is 15.5. The smallest absolute Gasteiger partial charge is 0.320 e. The van der Waals surface area contributed by atoms with E-state index in [1.165, 1.54) is 9.80 Å². The number of esters is 1. The third-order valence-corrected chi connectivity index (χ3v) is 15.5. The Labute approximate surface area is 680 Å². The average Bonchev–Trinajstić information content (AvgIpc) is 0.821. The molecule has 0 aliphatic carbocycles. The maximum absolute atomic E-state index is 13.9. The van der Waals surface area contributed by atoms with E-state index in [1.54, 1.807) is 78.0 Å². The maximum atomic E-state index is 13.9. The van der Waals surface area contributed by atoms with Crippen molar-refractivity contribution in [1.82, 2.24) is 14.7 Å². The number of unbranched alkanes of at least 4 members (excludes halogenated alkanes) is 1. The highest BCUT2D eigenvalue weighted by Gasteiger charge is 2.24. The molecule has 0 saturated heterocycles. The van der Waals surface area contributed by atoms with Crippen molar-refractivity contribution in [3.8, 4) is 46.0 Å². The summed E-state index contributed by atoms with van der Waals surface area (Å²) in [5.41, 5.74) is 1.44. The van der Waals surface area contributed by atoms with Gasteiger partial charge in [-0.15, -0.1) is 0 Å². The first-order valence-corrected chi connectivity index (χ1v) is 38.7. The predicted molar refractivity (Wildman–Crippen MR) is 415 cm³/mol. The van der Waals surface area contributed by atoms with Crippen LogP contribution in [0.1, 0.15) is 36.5 Å². The molecule has 0 aliphatic heterocycles. The van der Waals surface area contributed by atoms with Crippen LogP contribution in [0.2, 0.25) is 0 Å². The molecule has 38 heteroatoms. The SMILES string of the molecule is CCCCOCCOCCOc1cc(COc2cc(COC(=O)CN(CCN(CCN(CC(=O)O)CC(=O)O)CC(=O)O)CC(=O)O)cc(OCc3cc(OCCOCCOCCOC)c(OCCOCCOCCOC)c(OCCOCCOCCOC)c3)c2)cc(OCCOCCOCCOC)c1OCCOCCOCCOC. The molecule has 116 heavy (non-hydrogen) atoms. The topological polar surface area (TPSA) is 416 Å². The number of aliphatic carboxylic acids is 4. The zero-order valence-corrected chi connectivity index (χ0v) is 68.5. The summed E-state index contributed by atoms with van der Waals surface area (Å²) in [4.78, 5) is 64.9. The molecule has 4 N–H and O–H groups in total. The fraction of sp³-hybridized carbons (Fsp3) is 0.705. The second-order valence-electron chi connectivity index (χ2n) is 24.9. The number of carboxylic acid groups (broad SMARTS) is 4. The Bertz CT molecular complexity index is 2750. The van der Waals surface area contributed by atoms with E-state index in [1.807, 2.05) is 0 Å². The lowest BCUT2D eigenvalue weighted by Crippen LogP contribution is -2.45. The molecular formula is C78H127N3O35. The van der Waals surface area contributed by atoms with E-state index >= 15 is 0 Å². The van der Waals surface area contributed by atoms with Crippen LogP contribution in [-0.2, 0) is 129 Å². The zero-order valence-electron chi connectivity index (χ0n) is 68.5. The van der Waals surface area contributed by atoms with E-state index in [9.17, 15) is 44.4 Å². The second-order valence-corrected chi connectivity index (χ2v) is 24.9. The van der Waals surface area contributed by atoms with Crippen LogP contribution < -0.4 is 37.9 Å². The molecule has 3 rings (SSSR count). The number of ether oxygens (including phenoxy) is 26. The first kappa shape index (κ1) is 103. The largest absolute Gasteiger partial charge is 0.489 e. The summed E-state index contributed by atoms with van der Waals surface area (Å²) in [6.45, 7) is 8.07. The number of carboxylic acids is 4. The van der Waals surface area contributed by atoms with Crippen LogP contribution in [0.15, 0.2) is 42.5 Å². The van der Waals surface area contributed by atoms with Crippen molar-refractivity contribution in [2.24, 2.45) is 0 Å². The Kier molecular flexibility index (Phi) is 62.6. The number of benzene rings is 3. The van der Waals surface area contributed by atoms with Gasteiger partial charge in [0.1, 0.15) is 71.0 Å². The molecule has 3 aromatic carbocycles. The number of hydrogen-bond acceptors (Lipinski definition) is 34. The fourth-order valence-electron chi connectivity index (χ4n) is 9.91. The molecule has 0 aromatic heterocycles. The van der Waals surface area contributed by atoms with Gasteiger partial charge in [-0.3, -0.25) is 38.7 Å². The minimum atomic E-state index is -1.31. The van der Waals surface area contributed by atoms with Crippen LogP contribution in [0.3, 0.4) is 0 Å². The number of methoxy groups -OCH3 is 5. The van der Waals surface area contributed by atoms with Gasteiger partial charge in [0.15, 0.2) is 23.0 Å². The molecule has 0 atom stereocenters. The Morgan fingerprint density at radius 2 is 0.509 bits per heavy atom. The van der Waals surface area contributed by atoms with Gasteiger partial charge in [0, 0.05) is 74.4 Å². The molecule has 0 saturated carbocycles. The van der Waals surface area contributed by atoms with Crippen LogP contribution in [-0.4, -0.2) is 391 Å². The van der Waals surface area contributed by atoms with E-state index in [2.05, 4.69) is 6.92 Å². The van der Waals surface area contributed by atoms with Gasteiger partial charge in [0.25, 0.3) is 0 Å². The normalized spacial score (nSPS) is 11.4. The quantitative estimate of drug-likeness (QED) is 0.0463. The number of hydrogen-bond donors (Lipinski definition) is 4. The monoisotopic (exact) mass is 1670 g/mol. The zero-order chi connectivity index (χ0) is 84.0. The lowest BCUT2D eigenvalue weighted by Gasteiger charge is -2.27. The lowest BCUT2D eigenvalue weighted by atomic mass is 10.1. The van der Waals surface area contributed by atoms with E-state index < -0.39 is 69.2 Å². The lowest BCUT2D eigenvalue weighted by molar-refractivity contribution is -0.148. The van der Waals surface area contributed by atoms with Gasteiger partial charge in [-0.2, -0.15) is 0 Å². The van der Waals surface area contributed by atoms with Crippen molar-refractivity contribution in [2.75, 3.05) is 326 Å². The van der Waals surface area contributed by atoms with E-state index in [-0.39, 0.29) is 178 Å². The van der Waals surface area contributed by atoms with Crippen molar-refractivity contribution in [1.29, 1.82) is 0 Å². The summed E-state index contributed by atoms with van der Waals surface area (Å²) in [5, 5.41) is 38.5. The van der Waals surface area contributed by atoms with Crippen LogP contribution in [0, 0.1) is 0 Å². The summed E-state index contributed by atoms with van der Waals surface area (Å²) in [7, 11) is 7.95. The molecule has 0 unspecified atom stereocenters. The van der Waals surface area contributed by atoms with E-state index in [0.29, 0.717) is 155 Å². The Balaban J connectivity index is 2.18. The van der Waals surface area contributed by atoms with Gasteiger partial charge in [-0.25, -0.2) is 0 Å². The molecule has 3 aromatic rings. The van der Waals surface area contributed by atoms with Crippen molar-refractivity contribution >= 4 is 29.8 Å². The minimum absolute atomic E-state index is 0.0752. The van der Waals surface area contributed by atoms with Crippen molar-refractivity contribution in [3.63, 3.8) is 0 Å². The molecule has 0 bridgehead atoms. The highest BCUT2D eigenvalue weighted by atomic mass is 16.6. The van der Waals surface area contributed by atoms with Gasteiger partial charge in [0.2, 0.25) is 11.5 Å². The first-order chi connectivity index (χ1) is 56.6. The number of carbonyl (C=O) groups excluding carboxylic acids is 1. The maximum Gasteiger partial charge on any atom is 0.320 e. The van der Waals surface area contributed by atoms with E-state index in [0.717, 1.165) is 17.7 Å². The Hall–Kier alpha value is -7.39. The van der Waals surface area contributed by atoms with Crippen molar-refractivity contribution < 1.29 is 168 Å². The van der Waals surface area contributed by atoms with Gasteiger partial charge in [-0.1, -0.05) is 13.3 Å². The highest BCUT2D eigenvalue weighted by Crippen LogP contribution is 2.41. The third kappa shape index (κ3) is 54.6. The molecule has 0 heterocycles. The van der Waals surface area contributed by atoms with Crippen molar-refractivity contribution in [3.05, 3.63) is 59.2 Å². The van der Waals surface area contributed by atoms with Gasteiger partial charge < -0.3 is 144 Å². The standard InChI is InChI=1S/C78H127N3O35/c1-7-8-13-96-24-25-102-36-42-108-68-50-64(51-69(109-43-37-103-31-26-97-19-14-91-2)77(68)112-46-40-106-34-29-100-22-17-94-5)60-114-66-48-63(62-116-76(90)59-81(58-75(88)89)12-10-79(55-72(82)83)9-11-80(56-73(84)85)57-74(86)87)49-67(54-66)115-61-65-52-70(110-44-38-104-32-27-98-20-15-92-3)78(113-47-41-107-35-30-101-23-18-95-6)71(53-65)111-45-39-105-33-28-99-21-16-93-4/h48-54H,7-47,55-62H2,1-6H3,(H,82,83)(H,84,85)(H,86,87)(H,88,89). The van der Waals surface area contributed by atoms with Crippen molar-refractivity contribution in [2.45, 2.75) is 39.6 Å². The van der Waals surface area contributed by atoms with Gasteiger partial charge in [0.05, 0.1) is 218 Å². The predicted octanol–water partition coefficient (Wildman–Crippen LogP) is 3.64. The highest BCUT2D eigenvalue weighted by molar-refractivity contribution is 5.74. The number of rotatable bonds is 84. The van der Waals surface area contributed by atoms with Crippen LogP contribution in [0.25, 0.3) is 0 Å². The molecule has 0 amide bonds. The summed E-state index contributed by atoms with van der Waals surface area (Å²) < 4.78 is 151. The molecule has 38 nitrogen and oxygen atoms in total. The van der Waals surface area contributed by atoms with Gasteiger partial charge >= 0.3 is 29.8 Å². The second kappa shape index (κ2) is 70.6. The summed E-state index contributed by atoms with van der Waals surface area (Å²) in [6, 6.07) is 11.8. The van der Waals surface area contributed by atoms with Crippen LogP contribution >= 0.6 is 0 Å². The summed E-state index contributed by atoms with van der Waals surface area (Å²) in [6.07, 6.45) is 1.93.